The molecule has 0 N–H and O–H groups in total. The summed E-state index contributed by atoms with van der Waals surface area (Å²) >= 11 is 0. The highest BCUT2D eigenvalue weighted by atomic mass is 16.5. The van der Waals surface area contributed by atoms with Crippen LogP contribution in [0.3, 0.4) is 0 Å². The molecule has 3 rings (SSSR count). The van der Waals surface area contributed by atoms with Crippen molar-refractivity contribution in [1.29, 1.82) is 0 Å². The molecule has 0 radical (unpaired) electrons. The normalized spacial score (nSPS) is 21.4. The molecule has 0 unspecified atom stereocenters. The van der Waals surface area contributed by atoms with Crippen LogP contribution < -0.4 is 4.74 Å². The molecule has 1 aromatic carbocycles. The number of rotatable bonds is 1. The van der Waals surface area contributed by atoms with Crippen molar-refractivity contribution < 1.29 is 9.53 Å². The van der Waals surface area contributed by atoms with Crippen LogP contribution in [0.15, 0.2) is 18.2 Å². The molecule has 0 bridgehead atoms. The Morgan fingerprint density at radius 1 is 1.25 bits per heavy atom. The van der Waals surface area contributed by atoms with Gasteiger partial charge in [0.15, 0.2) is 0 Å². The number of ether oxygens (including phenoxy) is 1. The summed E-state index contributed by atoms with van der Waals surface area (Å²) in [6.07, 6.45) is 4.79. The third kappa shape index (κ3) is 1.10. The van der Waals surface area contributed by atoms with Crippen LogP contribution in [0.2, 0.25) is 0 Å². The Kier molecular flexibility index (Phi) is 2.06. The molecule has 16 heavy (non-hydrogen) atoms. The molecule has 0 atom stereocenters. The number of hydrogen-bond acceptors (Lipinski definition) is 2. The zero-order valence-corrected chi connectivity index (χ0v) is 9.58. The average Bonchev–Trinajstić information content (AvgIpc) is 2.25. The highest BCUT2D eigenvalue weighted by molar-refractivity contribution is 5.93. The van der Waals surface area contributed by atoms with Gasteiger partial charge in [0.1, 0.15) is 11.5 Å². The SMILES string of the molecule is COc1cccc2c1CCC(=O)C21CCC1. The Bertz CT molecular complexity index is 444. The lowest BCUT2D eigenvalue weighted by Gasteiger charge is -2.44. The molecular weight excluding hydrogens is 200 g/mol. The van der Waals surface area contributed by atoms with Crippen molar-refractivity contribution in [2.24, 2.45) is 0 Å². The maximum Gasteiger partial charge on any atom is 0.143 e. The number of ketones is 1. The second-order valence-electron chi connectivity index (χ2n) is 4.85. The number of methoxy groups -OCH3 is 1. The summed E-state index contributed by atoms with van der Waals surface area (Å²) in [4.78, 5) is 12.1. The average molecular weight is 216 g/mol. The lowest BCUT2D eigenvalue weighted by molar-refractivity contribution is -0.128. The molecule has 2 aliphatic carbocycles. The molecule has 1 spiro atoms. The summed E-state index contributed by atoms with van der Waals surface area (Å²) in [6, 6.07) is 6.13. The Morgan fingerprint density at radius 2 is 2.06 bits per heavy atom. The van der Waals surface area contributed by atoms with E-state index in [-0.39, 0.29) is 5.41 Å². The summed E-state index contributed by atoms with van der Waals surface area (Å²) in [5.41, 5.74) is 2.38. The molecule has 2 nitrogen and oxygen atoms in total. The number of carbonyl (C=O) groups excluding carboxylic acids is 1. The van der Waals surface area contributed by atoms with E-state index in [4.69, 9.17) is 4.74 Å². The Balaban J connectivity index is 2.17. The lowest BCUT2D eigenvalue weighted by Crippen LogP contribution is -2.45. The molecule has 2 heteroatoms. The molecule has 1 fully saturated rings. The molecule has 0 heterocycles. The quantitative estimate of drug-likeness (QED) is 0.721. The Hall–Kier alpha value is -1.31. The van der Waals surface area contributed by atoms with Crippen molar-refractivity contribution >= 4 is 5.78 Å². The predicted octanol–water partition coefficient (Wildman–Crippen LogP) is 2.63. The van der Waals surface area contributed by atoms with Gasteiger partial charge in [0.2, 0.25) is 0 Å². The van der Waals surface area contributed by atoms with Crippen LogP contribution in [-0.4, -0.2) is 12.9 Å². The van der Waals surface area contributed by atoms with Crippen LogP contribution in [-0.2, 0) is 16.6 Å². The largest absolute Gasteiger partial charge is 0.496 e. The Morgan fingerprint density at radius 3 is 2.69 bits per heavy atom. The van der Waals surface area contributed by atoms with Gasteiger partial charge in [0, 0.05) is 6.42 Å². The van der Waals surface area contributed by atoms with Crippen molar-refractivity contribution in [3.8, 4) is 5.75 Å². The van der Waals surface area contributed by atoms with E-state index in [9.17, 15) is 4.79 Å². The van der Waals surface area contributed by atoms with Crippen molar-refractivity contribution in [3.63, 3.8) is 0 Å². The molecule has 1 saturated carbocycles. The van der Waals surface area contributed by atoms with Gasteiger partial charge >= 0.3 is 0 Å². The number of Topliss-reactive ketones (excluding diaryl/α,β-unsaturated/α-hetero) is 1. The second kappa shape index (κ2) is 3.34. The summed E-state index contributed by atoms with van der Waals surface area (Å²) in [7, 11) is 1.71. The summed E-state index contributed by atoms with van der Waals surface area (Å²) in [5, 5.41) is 0. The third-order valence-corrected chi connectivity index (χ3v) is 4.21. The van der Waals surface area contributed by atoms with E-state index in [2.05, 4.69) is 6.07 Å². The minimum atomic E-state index is -0.137. The first-order valence-electron chi connectivity index (χ1n) is 5.97. The van der Waals surface area contributed by atoms with Crippen molar-refractivity contribution in [2.45, 2.75) is 37.5 Å². The van der Waals surface area contributed by atoms with E-state index < -0.39 is 0 Å². The van der Waals surface area contributed by atoms with Gasteiger partial charge < -0.3 is 4.74 Å². The van der Waals surface area contributed by atoms with Gasteiger partial charge in [-0.05, 0) is 36.5 Å². The van der Waals surface area contributed by atoms with Crippen molar-refractivity contribution in [3.05, 3.63) is 29.3 Å². The zero-order valence-electron chi connectivity index (χ0n) is 9.58. The maximum absolute atomic E-state index is 12.1. The molecule has 1 aromatic rings. The van der Waals surface area contributed by atoms with Gasteiger partial charge in [-0.1, -0.05) is 18.6 Å². The van der Waals surface area contributed by atoms with E-state index >= 15 is 0 Å². The van der Waals surface area contributed by atoms with E-state index in [1.165, 1.54) is 17.5 Å². The molecule has 0 amide bonds. The standard InChI is InChI=1S/C14H16O2/c1-16-12-5-2-4-11-10(12)6-7-13(15)14(11)8-3-9-14/h2,4-5H,3,6-9H2,1H3. The summed E-state index contributed by atoms with van der Waals surface area (Å²) in [5.74, 6) is 1.40. The van der Waals surface area contributed by atoms with Crippen LogP contribution >= 0.6 is 0 Å². The highest BCUT2D eigenvalue weighted by Crippen LogP contribution is 2.50. The summed E-state index contributed by atoms with van der Waals surface area (Å²) in [6.45, 7) is 0. The molecule has 84 valence electrons. The number of fused-ring (bicyclic) bond motifs is 2. The van der Waals surface area contributed by atoms with Crippen molar-refractivity contribution in [2.75, 3.05) is 7.11 Å². The van der Waals surface area contributed by atoms with Gasteiger partial charge in [0.05, 0.1) is 12.5 Å². The van der Waals surface area contributed by atoms with Crippen LogP contribution in [0.4, 0.5) is 0 Å². The van der Waals surface area contributed by atoms with Crippen LogP contribution in [0, 0.1) is 0 Å². The predicted molar refractivity (Wildman–Crippen MR) is 61.9 cm³/mol. The zero-order chi connectivity index (χ0) is 11.2. The number of benzene rings is 1. The molecule has 0 saturated heterocycles. The smallest absolute Gasteiger partial charge is 0.143 e. The van der Waals surface area contributed by atoms with Crippen molar-refractivity contribution in [1.82, 2.24) is 0 Å². The van der Waals surface area contributed by atoms with Gasteiger partial charge in [-0.25, -0.2) is 0 Å². The van der Waals surface area contributed by atoms with Gasteiger partial charge in [-0.15, -0.1) is 0 Å². The number of hydrogen-bond donors (Lipinski definition) is 0. The lowest BCUT2D eigenvalue weighted by atomic mass is 9.57. The van der Waals surface area contributed by atoms with E-state index in [0.29, 0.717) is 12.2 Å². The van der Waals surface area contributed by atoms with Gasteiger partial charge in [0.25, 0.3) is 0 Å². The highest BCUT2D eigenvalue weighted by Gasteiger charge is 2.48. The van der Waals surface area contributed by atoms with Crippen LogP contribution in [0.1, 0.15) is 36.8 Å². The number of carbonyl (C=O) groups is 1. The fourth-order valence-corrected chi connectivity index (χ4v) is 3.17. The second-order valence-corrected chi connectivity index (χ2v) is 4.85. The first-order chi connectivity index (χ1) is 7.78. The fraction of sp³-hybridized carbons (Fsp3) is 0.500. The molecule has 0 aromatic heterocycles. The topological polar surface area (TPSA) is 26.3 Å². The van der Waals surface area contributed by atoms with Gasteiger partial charge in [-0.3, -0.25) is 4.79 Å². The van der Waals surface area contributed by atoms with Gasteiger partial charge in [-0.2, -0.15) is 0 Å². The molecule has 2 aliphatic rings. The van der Waals surface area contributed by atoms with E-state index in [1.54, 1.807) is 7.11 Å². The minimum Gasteiger partial charge on any atom is -0.496 e. The molecular formula is C14H16O2. The van der Waals surface area contributed by atoms with Crippen LogP contribution in [0.25, 0.3) is 0 Å². The van der Waals surface area contributed by atoms with E-state index in [0.717, 1.165) is 25.0 Å². The maximum atomic E-state index is 12.1. The first-order valence-corrected chi connectivity index (χ1v) is 5.97. The third-order valence-electron chi connectivity index (χ3n) is 4.21. The van der Waals surface area contributed by atoms with Crippen LogP contribution in [0.5, 0.6) is 5.75 Å². The Labute approximate surface area is 95.6 Å². The van der Waals surface area contributed by atoms with E-state index in [1.807, 2.05) is 12.1 Å². The molecule has 0 aliphatic heterocycles. The minimum absolute atomic E-state index is 0.137. The monoisotopic (exact) mass is 216 g/mol. The summed E-state index contributed by atoms with van der Waals surface area (Å²) < 4.78 is 5.40. The first kappa shape index (κ1) is 9.88. The fourth-order valence-electron chi connectivity index (χ4n) is 3.17.